The van der Waals surface area contributed by atoms with Gasteiger partial charge in [0.2, 0.25) is 0 Å². The summed E-state index contributed by atoms with van der Waals surface area (Å²) in [5.41, 5.74) is 7.25. The van der Waals surface area contributed by atoms with E-state index in [1.165, 1.54) is 9.13 Å². The molecule has 1 saturated heterocycles. The average molecular weight is 303 g/mol. The number of hydrogen-bond donors (Lipinski definition) is 1. The van der Waals surface area contributed by atoms with E-state index in [2.05, 4.69) is 46.9 Å². The molecule has 3 heteroatoms. The molecule has 0 aliphatic carbocycles. The van der Waals surface area contributed by atoms with Crippen LogP contribution < -0.4 is 5.73 Å². The van der Waals surface area contributed by atoms with Crippen molar-refractivity contribution in [2.75, 3.05) is 6.61 Å². The van der Waals surface area contributed by atoms with Gasteiger partial charge in [-0.3, -0.25) is 0 Å². The SMILES string of the molecule is NC1CCCOC1c1cccc(I)c1. The minimum Gasteiger partial charge on any atom is -0.372 e. The summed E-state index contributed by atoms with van der Waals surface area (Å²) in [6.45, 7) is 0.837. The lowest BCUT2D eigenvalue weighted by Crippen LogP contribution is -2.34. The summed E-state index contributed by atoms with van der Waals surface area (Å²) < 4.78 is 6.94. The van der Waals surface area contributed by atoms with Crippen LogP contribution in [0, 0.1) is 3.57 Å². The molecule has 2 N–H and O–H groups in total. The summed E-state index contributed by atoms with van der Waals surface area (Å²) in [7, 11) is 0. The van der Waals surface area contributed by atoms with Gasteiger partial charge in [0.25, 0.3) is 0 Å². The van der Waals surface area contributed by atoms with Gasteiger partial charge in [-0.05, 0) is 53.1 Å². The maximum absolute atomic E-state index is 6.03. The minimum atomic E-state index is 0.0958. The van der Waals surface area contributed by atoms with Crippen LogP contribution in [0.2, 0.25) is 0 Å². The summed E-state index contributed by atoms with van der Waals surface area (Å²) in [4.78, 5) is 0. The van der Waals surface area contributed by atoms with Crippen LogP contribution in [0.4, 0.5) is 0 Å². The van der Waals surface area contributed by atoms with Gasteiger partial charge in [0, 0.05) is 16.2 Å². The van der Waals surface area contributed by atoms with Crippen molar-refractivity contribution in [2.45, 2.75) is 25.0 Å². The highest BCUT2D eigenvalue weighted by Gasteiger charge is 2.23. The molecule has 1 aromatic carbocycles. The Labute approximate surface area is 98.0 Å². The van der Waals surface area contributed by atoms with Gasteiger partial charge in [0.15, 0.2) is 0 Å². The molecule has 14 heavy (non-hydrogen) atoms. The van der Waals surface area contributed by atoms with Crippen molar-refractivity contribution >= 4 is 22.6 Å². The molecule has 0 bridgehead atoms. The van der Waals surface area contributed by atoms with Gasteiger partial charge >= 0.3 is 0 Å². The van der Waals surface area contributed by atoms with Crippen molar-refractivity contribution < 1.29 is 4.74 Å². The number of ether oxygens (including phenoxy) is 1. The molecule has 0 radical (unpaired) electrons. The smallest absolute Gasteiger partial charge is 0.0976 e. The quantitative estimate of drug-likeness (QED) is 0.809. The van der Waals surface area contributed by atoms with Crippen LogP contribution in [0.15, 0.2) is 24.3 Å². The Bertz CT molecular complexity index is 316. The van der Waals surface area contributed by atoms with Crippen LogP contribution in [0.3, 0.4) is 0 Å². The predicted molar refractivity (Wildman–Crippen MR) is 65.1 cm³/mol. The van der Waals surface area contributed by atoms with E-state index in [-0.39, 0.29) is 12.1 Å². The van der Waals surface area contributed by atoms with Gasteiger partial charge in [-0.15, -0.1) is 0 Å². The predicted octanol–water partition coefficient (Wildman–Crippen LogP) is 2.47. The van der Waals surface area contributed by atoms with E-state index in [0.29, 0.717) is 0 Å². The molecular weight excluding hydrogens is 289 g/mol. The summed E-state index contributed by atoms with van der Waals surface area (Å²) in [5, 5.41) is 0. The van der Waals surface area contributed by atoms with E-state index < -0.39 is 0 Å². The zero-order valence-corrected chi connectivity index (χ0v) is 10.1. The summed E-state index contributed by atoms with van der Waals surface area (Å²) in [6.07, 6.45) is 2.25. The Morgan fingerprint density at radius 1 is 1.43 bits per heavy atom. The van der Waals surface area contributed by atoms with Gasteiger partial charge in [-0.1, -0.05) is 12.1 Å². The molecule has 0 spiro atoms. The van der Waals surface area contributed by atoms with E-state index in [4.69, 9.17) is 10.5 Å². The fourth-order valence-corrected chi connectivity index (χ4v) is 2.40. The van der Waals surface area contributed by atoms with E-state index in [9.17, 15) is 0 Å². The second kappa shape index (κ2) is 4.59. The molecule has 1 fully saturated rings. The Hall–Kier alpha value is -0.130. The third-order valence-corrected chi connectivity index (χ3v) is 3.22. The van der Waals surface area contributed by atoms with Crippen LogP contribution in [0.25, 0.3) is 0 Å². The maximum atomic E-state index is 6.03. The molecule has 1 aromatic rings. The second-order valence-corrected chi connectivity index (χ2v) is 4.90. The first-order valence-electron chi connectivity index (χ1n) is 4.90. The maximum Gasteiger partial charge on any atom is 0.0976 e. The lowest BCUT2D eigenvalue weighted by Gasteiger charge is -2.29. The molecule has 1 aliphatic rings. The van der Waals surface area contributed by atoms with Crippen molar-refractivity contribution in [1.82, 2.24) is 0 Å². The molecule has 2 nitrogen and oxygen atoms in total. The topological polar surface area (TPSA) is 35.2 Å². The monoisotopic (exact) mass is 303 g/mol. The first-order valence-corrected chi connectivity index (χ1v) is 5.98. The van der Waals surface area contributed by atoms with Gasteiger partial charge in [0.05, 0.1) is 6.10 Å². The van der Waals surface area contributed by atoms with Crippen LogP contribution >= 0.6 is 22.6 Å². The molecule has 76 valence electrons. The fraction of sp³-hybridized carbons (Fsp3) is 0.455. The van der Waals surface area contributed by atoms with Crippen LogP contribution in [0.1, 0.15) is 24.5 Å². The lowest BCUT2D eigenvalue weighted by molar-refractivity contribution is 0.000111. The molecule has 0 aromatic heterocycles. The highest BCUT2D eigenvalue weighted by Crippen LogP contribution is 2.27. The van der Waals surface area contributed by atoms with Crippen molar-refractivity contribution in [3.8, 4) is 0 Å². The van der Waals surface area contributed by atoms with Crippen LogP contribution in [-0.2, 0) is 4.74 Å². The molecule has 2 rings (SSSR count). The Morgan fingerprint density at radius 2 is 2.29 bits per heavy atom. The minimum absolute atomic E-state index is 0.0958. The van der Waals surface area contributed by atoms with Gasteiger partial charge in [-0.25, -0.2) is 0 Å². The normalized spacial score (nSPS) is 27.6. The first-order chi connectivity index (χ1) is 6.77. The van der Waals surface area contributed by atoms with E-state index in [1.807, 2.05) is 0 Å². The highest BCUT2D eigenvalue weighted by molar-refractivity contribution is 14.1. The van der Waals surface area contributed by atoms with Crippen molar-refractivity contribution in [2.24, 2.45) is 5.73 Å². The fourth-order valence-electron chi connectivity index (χ4n) is 1.83. The average Bonchev–Trinajstić information content (AvgIpc) is 2.18. The van der Waals surface area contributed by atoms with Crippen LogP contribution in [-0.4, -0.2) is 12.6 Å². The molecule has 1 aliphatic heterocycles. The molecule has 2 atom stereocenters. The van der Waals surface area contributed by atoms with E-state index >= 15 is 0 Å². The molecule has 0 saturated carbocycles. The molecule has 1 heterocycles. The standard InChI is InChI=1S/C11H14INO/c12-9-4-1-3-8(7-9)11-10(13)5-2-6-14-11/h1,3-4,7,10-11H,2,5-6,13H2. The zero-order valence-electron chi connectivity index (χ0n) is 7.95. The number of halogens is 1. The van der Waals surface area contributed by atoms with Gasteiger partial charge in [-0.2, -0.15) is 0 Å². The second-order valence-electron chi connectivity index (χ2n) is 3.65. The van der Waals surface area contributed by atoms with Crippen molar-refractivity contribution in [3.63, 3.8) is 0 Å². The van der Waals surface area contributed by atoms with E-state index in [0.717, 1.165) is 19.4 Å². The Morgan fingerprint density at radius 3 is 3.00 bits per heavy atom. The van der Waals surface area contributed by atoms with Crippen molar-refractivity contribution in [1.29, 1.82) is 0 Å². The molecule has 0 amide bonds. The number of nitrogens with two attached hydrogens (primary N) is 1. The van der Waals surface area contributed by atoms with Gasteiger partial charge in [0.1, 0.15) is 0 Å². The number of rotatable bonds is 1. The third kappa shape index (κ3) is 2.27. The number of benzene rings is 1. The lowest BCUT2D eigenvalue weighted by atomic mass is 9.97. The van der Waals surface area contributed by atoms with Crippen molar-refractivity contribution in [3.05, 3.63) is 33.4 Å². The number of hydrogen-bond acceptors (Lipinski definition) is 2. The molecular formula is C11H14INO. The van der Waals surface area contributed by atoms with Gasteiger partial charge < -0.3 is 10.5 Å². The summed E-state index contributed by atoms with van der Waals surface area (Å²) in [6, 6.07) is 8.54. The largest absolute Gasteiger partial charge is 0.372 e. The first kappa shape index (κ1) is 10.4. The Kier molecular flexibility index (Phi) is 3.41. The highest BCUT2D eigenvalue weighted by atomic mass is 127. The third-order valence-electron chi connectivity index (χ3n) is 2.55. The summed E-state index contributed by atoms with van der Waals surface area (Å²) >= 11 is 2.31. The zero-order chi connectivity index (χ0) is 9.97. The van der Waals surface area contributed by atoms with Crippen LogP contribution in [0.5, 0.6) is 0 Å². The van der Waals surface area contributed by atoms with E-state index in [1.54, 1.807) is 0 Å². The molecule has 2 unspecified atom stereocenters. The summed E-state index contributed by atoms with van der Waals surface area (Å²) in [5.74, 6) is 0. The Balaban J connectivity index is 2.20.